The molecule has 1 N–H and O–H groups in total. The second-order valence-electron chi connectivity index (χ2n) is 8.51. The minimum absolute atomic E-state index is 0.166. The Labute approximate surface area is 231 Å². The highest BCUT2D eigenvalue weighted by Crippen LogP contribution is 2.38. The summed E-state index contributed by atoms with van der Waals surface area (Å²) >= 11 is 6.79. The van der Waals surface area contributed by atoms with E-state index in [0.29, 0.717) is 38.8 Å². The number of hydrogen-bond acceptors (Lipinski definition) is 7. The zero-order chi connectivity index (χ0) is 27.2. The Hall–Kier alpha value is -3.82. The van der Waals surface area contributed by atoms with Gasteiger partial charge in [0.25, 0.3) is 11.8 Å². The number of anilines is 2. The summed E-state index contributed by atoms with van der Waals surface area (Å²) in [5.41, 5.74) is 4.28. The Kier molecular flexibility index (Phi) is 8.70. The van der Waals surface area contributed by atoms with Gasteiger partial charge < -0.3 is 19.5 Å². The lowest BCUT2D eigenvalue weighted by atomic mass is 10.1. The van der Waals surface area contributed by atoms with Gasteiger partial charge in [-0.3, -0.25) is 14.5 Å². The molecular formula is C29H28N2O5S2. The van der Waals surface area contributed by atoms with Crippen molar-refractivity contribution in [3.05, 3.63) is 82.3 Å². The topological polar surface area (TPSA) is 77.1 Å². The largest absolute Gasteiger partial charge is 0.497 e. The van der Waals surface area contributed by atoms with Crippen LogP contribution in [0.15, 0.2) is 65.6 Å². The fraction of sp³-hybridized carbons (Fsp3) is 0.207. The molecule has 0 aliphatic carbocycles. The van der Waals surface area contributed by atoms with Crippen LogP contribution in [0.3, 0.4) is 0 Å². The number of amides is 2. The number of nitrogens with one attached hydrogen (secondary N) is 1. The molecule has 2 amide bonds. The molecule has 3 aromatic carbocycles. The lowest BCUT2D eigenvalue weighted by Crippen LogP contribution is -2.28. The lowest BCUT2D eigenvalue weighted by molar-refractivity contribution is -0.118. The van der Waals surface area contributed by atoms with Crippen LogP contribution in [0.25, 0.3) is 6.08 Å². The van der Waals surface area contributed by atoms with Crippen molar-refractivity contribution in [3.8, 4) is 17.2 Å². The number of nitrogens with zero attached hydrogens (tertiary/aromatic N) is 1. The van der Waals surface area contributed by atoms with E-state index in [1.54, 1.807) is 54.5 Å². The first-order valence-electron chi connectivity index (χ1n) is 12.0. The average Bonchev–Trinajstić information content (AvgIpc) is 3.16. The number of rotatable bonds is 9. The number of ether oxygens (including phenoxy) is 3. The molecule has 0 spiro atoms. The molecule has 196 valence electrons. The first kappa shape index (κ1) is 27.2. The van der Waals surface area contributed by atoms with Gasteiger partial charge in [-0.15, -0.1) is 0 Å². The molecule has 0 bridgehead atoms. The van der Waals surface area contributed by atoms with E-state index in [-0.39, 0.29) is 18.4 Å². The molecule has 4 rings (SSSR count). The highest BCUT2D eigenvalue weighted by atomic mass is 32.2. The third kappa shape index (κ3) is 6.35. The third-order valence-electron chi connectivity index (χ3n) is 5.68. The van der Waals surface area contributed by atoms with Crippen LogP contribution in [0.2, 0.25) is 0 Å². The Morgan fingerprint density at radius 3 is 2.47 bits per heavy atom. The third-order valence-corrected chi connectivity index (χ3v) is 6.99. The summed E-state index contributed by atoms with van der Waals surface area (Å²) < 4.78 is 17.1. The fourth-order valence-electron chi connectivity index (χ4n) is 3.90. The number of aryl methyl sites for hydroxylation is 2. The van der Waals surface area contributed by atoms with Gasteiger partial charge in [-0.25, -0.2) is 0 Å². The summed E-state index contributed by atoms with van der Waals surface area (Å²) in [4.78, 5) is 27.7. The first-order valence-corrected chi connectivity index (χ1v) is 13.2. The molecule has 1 saturated heterocycles. The van der Waals surface area contributed by atoms with Crippen molar-refractivity contribution in [2.24, 2.45) is 0 Å². The molecule has 38 heavy (non-hydrogen) atoms. The predicted molar refractivity (Wildman–Crippen MR) is 156 cm³/mol. The van der Waals surface area contributed by atoms with Gasteiger partial charge in [-0.1, -0.05) is 47.7 Å². The quantitative estimate of drug-likeness (QED) is 0.254. The Bertz CT molecular complexity index is 1400. The van der Waals surface area contributed by atoms with Gasteiger partial charge in [-0.05, 0) is 80.4 Å². The molecule has 0 unspecified atom stereocenters. The van der Waals surface area contributed by atoms with E-state index < -0.39 is 0 Å². The van der Waals surface area contributed by atoms with E-state index in [2.05, 4.69) is 5.32 Å². The minimum atomic E-state index is -0.309. The smallest absolute Gasteiger partial charge is 0.270 e. The van der Waals surface area contributed by atoms with E-state index in [1.165, 1.54) is 11.8 Å². The molecule has 3 aromatic rings. The van der Waals surface area contributed by atoms with Gasteiger partial charge in [0.2, 0.25) is 0 Å². The van der Waals surface area contributed by atoms with Crippen LogP contribution in [-0.2, 0) is 9.59 Å². The molecule has 1 heterocycles. The summed E-state index contributed by atoms with van der Waals surface area (Å²) in [6, 6.07) is 18.3. The number of carbonyl (C=O) groups excluding carboxylic acids is 2. The maximum Gasteiger partial charge on any atom is 0.270 e. The number of hydrogen-bond donors (Lipinski definition) is 1. The highest BCUT2D eigenvalue weighted by Gasteiger charge is 2.34. The van der Waals surface area contributed by atoms with Gasteiger partial charge in [0.1, 0.15) is 5.75 Å². The standard InChI is InChI=1S/C29H28N2O5S2/c1-5-35-25-15-20(7-13-24(25)36-17-27(32)30-21-8-10-22(34-4)11-9-21)16-26-28(33)31(29(37)38-26)23-12-6-18(2)14-19(23)3/h6-16H,5,17H2,1-4H3,(H,30,32)/b26-16-. The van der Waals surface area contributed by atoms with Crippen molar-refractivity contribution >= 4 is 57.6 Å². The van der Waals surface area contributed by atoms with Crippen molar-refractivity contribution in [3.63, 3.8) is 0 Å². The summed E-state index contributed by atoms with van der Waals surface area (Å²) in [6.45, 7) is 6.06. The summed E-state index contributed by atoms with van der Waals surface area (Å²) in [6.07, 6.45) is 1.78. The van der Waals surface area contributed by atoms with Crippen LogP contribution >= 0.6 is 24.0 Å². The summed E-state index contributed by atoms with van der Waals surface area (Å²) in [5.74, 6) is 1.13. The number of thioether (sulfide) groups is 1. The van der Waals surface area contributed by atoms with Gasteiger partial charge in [0, 0.05) is 5.69 Å². The molecule has 9 heteroatoms. The van der Waals surface area contributed by atoms with Crippen LogP contribution in [-0.4, -0.2) is 36.5 Å². The second kappa shape index (κ2) is 12.1. The number of thiocarbonyl (C=S) groups is 1. The monoisotopic (exact) mass is 548 g/mol. The van der Waals surface area contributed by atoms with E-state index in [0.717, 1.165) is 22.4 Å². The molecule has 1 aliphatic rings. The Balaban J connectivity index is 1.47. The van der Waals surface area contributed by atoms with Crippen molar-refractivity contribution < 1.29 is 23.8 Å². The van der Waals surface area contributed by atoms with E-state index in [1.807, 2.05) is 45.0 Å². The van der Waals surface area contributed by atoms with Crippen LogP contribution in [0, 0.1) is 13.8 Å². The van der Waals surface area contributed by atoms with Gasteiger partial charge in [0.15, 0.2) is 22.4 Å². The zero-order valence-electron chi connectivity index (χ0n) is 21.6. The second-order valence-corrected chi connectivity index (χ2v) is 10.2. The van der Waals surface area contributed by atoms with Crippen molar-refractivity contribution in [2.45, 2.75) is 20.8 Å². The van der Waals surface area contributed by atoms with Crippen molar-refractivity contribution in [1.29, 1.82) is 0 Å². The summed E-state index contributed by atoms with van der Waals surface area (Å²) in [5, 5.41) is 2.78. The van der Waals surface area contributed by atoms with E-state index >= 15 is 0 Å². The predicted octanol–water partition coefficient (Wildman–Crippen LogP) is 6.13. The average molecular weight is 549 g/mol. The van der Waals surface area contributed by atoms with Crippen LogP contribution in [0.4, 0.5) is 11.4 Å². The van der Waals surface area contributed by atoms with Crippen LogP contribution < -0.4 is 24.4 Å². The Morgan fingerprint density at radius 1 is 1.03 bits per heavy atom. The van der Waals surface area contributed by atoms with Gasteiger partial charge in [0.05, 0.1) is 24.3 Å². The van der Waals surface area contributed by atoms with Gasteiger partial charge in [-0.2, -0.15) is 0 Å². The summed E-state index contributed by atoms with van der Waals surface area (Å²) in [7, 11) is 1.58. The van der Waals surface area contributed by atoms with E-state index in [9.17, 15) is 9.59 Å². The van der Waals surface area contributed by atoms with Gasteiger partial charge >= 0.3 is 0 Å². The van der Waals surface area contributed by atoms with Crippen molar-refractivity contribution in [1.82, 2.24) is 0 Å². The number of carbonyl (C=O) groups is 2. The zero-order valence-corrected chi connectivity index (χ0v) is 23.2. The fourth-order valence-corrected chi connectivity index (χ4v) is 5.18. The number of methoxy groups -OCH3 is 1. The minimum Gasteiger partial charge on any atom is -0.497 e. The molecule has 0 atom stereocenters. The number of benzene rings is 3. The molecule has 0 saturated carbocycles. The van der Waals surface area contributed by atoms with Crippen LogP contribution in [0.5, 0.6) is 17.2 Å². The van der Waals surface area contributed by atoms with Crippen LogP contribution in [0.1, 0.15) is 23.6 Å². The first-order chi connectivity index (χ1) is 18.3. The molecule has 7 nitrogen and oxygen atoms in total. The normalized spacial score (nSPS) is 14.1. The molecular weight excluding hydrogens is 520 g/mol. The maximum atomic E-state index is 13.2. The maximum absolute atomic E-state index is 13.2. The van der Waals surface area contributed by atoms with Crippen molar-refractivity contribution in [2.75, 3.05) is 30.5 Å². The SMILES string of the molecule is CCOc1cc(/C=C2\SC(=S)N(c3ccc(C)cc3C)C2=O)ccc1OCC(=O)Nc1ccc(OC)cc1. The Morgan fingerprint density at radius 2 is 1.79 bits per heavy atom. The van der Waals surface area contributed by atoms with E-state index in [4.69, 9.17) is 26.4 Å². The molecule has 0 radical (unpaired) electrons. The lowest BCUT2D eigenvalue weighted by Gasteiger charge is -2.17. The highest BCUT2D eigenvalue weighted by molar-refractivity contribution is 8.27. The molecule has 0 aromatic heterocycles. The molecule has 1 fully saturated rings. The molecule has 1 aliphatic heterocycles.